The zero-order valence-corrected chi connectivity index (χ0v) is 13.5. The second kappa shape index (κ2) is 8.02. The summed E-state index contributed by atoms with van der Waals surface area (Å²) in [5.74, 6) is -2.25. The van der Waals surface area contributed by atoms with E-state index >= 15 is 0 Å². The van der Waals surface area contributed by atoms with Crippen molar-refractivity contribution in [2.45, 2.75) is 50.6 Å². The highest BCUT2D eigenvalue weighted by Crippen LogP contribution is 2.39. The lowest BCUT2D eigenvalue weighted by atomic mass is 10.1. The molecular formula is C13H18O8S. The molecule has 0 aromatic carbocycles. The Hall–Kier alpha value is -1.77. The fourth-order valence-corrected chi connectivity index (χ4v) is 3.35. The second-order valence-corrected chi connectivity index (χ2v) is 5.95. The number of thioether (sulfide) groups is 1. The van der Waals surface area contributed by atoms with Gasteiger partial charge in [-0.3, -0.25) is 19.2 Å². The zero-order valence-electron chi connectivity index (χ0n) is 12.7. The molecule has 1 heterocycles. The third-order valence-corrected chi connectivity index (χ3v) is 3.99. The van der Waals surface area contributed by atoms with E-state index in [1.807, 2.05) is 0 Å². The van der Waals surface area contributed by atoms with Crippen molar-refractivity contribution in [2.24, 2.45) is 0 Å². The number of hydrogen-bond donors (Lipinski definition) is 0. The van der Waals surface area contributed by atoms with Crippen molar-refractivity contribution in [1.29, 1.82) is 0 Å². The molecule has 124 valence electrons. The normalized spacial score (nSPS) is 26.9. The van der Waals surface area contributed by atoms with Crippen LogP contribution >= 0.6 is 11.8 Å². The molecule has 1 saturated heterocycles. The number of carbonyl (C=O) groups is 4. The van der Waals surface area contributed by atoms with Gasteiger partial charge in [0.05, 0.1) is 5.25 Å². The summed E-state index contributed by atoms with van der Waals surface area (Å²) in [6.45, 7) is 4.80. The maximum atomic E-state index is 11.3. The van der Waals surface area contributed by atoms with Crippen LogP contribution in [0.4, 0.5) is 0 Å². The predicted octanol–water partition coefficient (Wildman–Crippen LogP) is 0.417. The van der Waals surface area contributed by atoms with Crippen LogP contribution < -0.4 is 0 Å². The minimum atomic E-state index is -0.962. The fraction of sp³-hybridized carbons (Fsp3) is 0.692. The van der Waals surface area contributed by atoms with Crippen LogP contribution in [-0.2, 0) is 38.1 Å². The third-order valence-electron chi connectivity index (χ3n) is 2.60. The number of hydrogen-bond acceptors (Lipinski definition) is 9. The average Bonchev–Trinajstić information content (AvgIpc) is 2.63. The summed E-state index contributed by atoms with van der Waals surface area (Å²) in [7, 11) is 0. The first-order chi connectivity index (χ1) is 10.2. The monoisotopic (exact) mass is 334 g/mol. The van der Waals surface area contributed by atoms with E-state index < -0.39 is 46.8 Å². The lowest BCUT2D eigenvalue weighted by Crippen LogP contribution is -2.42. The van der Waals surface area contributed by atoms with Crippen molar-refractivity contribution in [3.63, 3.8) is 0 Å². The summed E-state index contributed by atoms with van der Waals surface area (Å²) < 4.78 is 20.3. The maximum Gasteiger partial charge on any atom is 0.303 e. The number of esters is 4. The molecule has 0 aliphatic carbocycles. The summed E-state index contributed by atoms with van der Waals surface area (Å²) in [5, 5.41) is -0.513. The molecule has 1 rings (SSSR count). The molecule has 0 unspecified atom stereocenters. The lowest BCUT2D eigenvalue weighted by molar-refractivity contribution is -0.173. The standard InChI is InChI=1S/C13H18O8S/c1-6(14)18-5-10-11(19-7(2)15)12(20-8(3)16)13(22-10)21-9(4)17/h10-13H,5H2,1-4H3/t10-,11-,12+,13-/m1/s1. The van der Waals surface area contributed by atoms with Crippen molar-refractivity contribution in [2.75, 3.05) is 6.61 Å². The molecule has 1 fully saturated rings. The highest BCUT2D eigenvalue weighted by Gasteiger charge is 2.50. The molecule has 0 saturated carbocycles. The highest BCUT2D eigenvalue weighted by atomic mass is 32.2. The van der Waals surface area contributed by atoms with Gasteiger partial charge in [0.1, 0.15) is 6.61 Å². The number of carbonyl (C=O) groups excluding carboxylic acids is 4. The Bertz CT molecular complexity index is 463. The zero-order chi connectivity index (χ0) is 16.9. The maximum absolute atomic E-state index is 11.3. The second-order valence-electron chi connectivity index (χ2n) is 4.60. The van der Waals surface area contributed by atoms with E-state index in [0.717, 1.165) is 11.8 Å². The Balaban J connectivity index is 2.94. The van der Waals surface area contributed by atoms with E-state index in [1.165, 1.54) is 27.7 Å². The largest absolute Gasteiger partial charge is 0.465 e. The Kier molecular flexibility index (Phi) is 6.66. The van der Waals surface area contributed by atoms with Gasteiger partial charge in [0.15, 0.2) is 17.6 Å². The van der Waals surface area contributed by atoms with E-state index in [2.05, 4.69) is 0 Å². The predicted molar refractivity (Wildman–Crippen MR) is 74.7 cm³/mol. The summed E-state index contributed by atoms with van der Waals surface area (Å²) >= 11 is 1.11. The van der Waals surface area contributed by atoms with E-state index in [1.54, 1.807) is 0 Å². The summed E-state index contributed by atoms with van der Waals surface area (Å²) in [6, 6.07) is 0. The summed E-state index contributed by atoms with van der Waals surface area (Å²) in [4.78, 5) is 44.6. The first kappa shape index (κ1) is 18.3. The van der Waals surface area contributed by atoms with Gasteiger partial charge in [-0.15, -0.1) is 11.8 Å². The minimum absolute atomic E-state index is 0.0620. The molecule has 0 radical (unpaired) electrons. The van der Waals surface area contributed by atoms with Gasteiger partial charge in [-0.05, 0) is 0 Å². The van der Waals surface area contributed by atoms with Crippen molar-refractivity contribution in [1.82, 2.24) is 0 Å². The molecule has 4 atom stereocenters. The molecule has 0 spiro atoms. The number of rotatable bonds is 5. The first-order valence-electron chi connectivity index (χ1n) is 6.51. The lowest BCUT2D eigenvalue weighted by Gasteiger charge is -2.24. The number of ether oxygens (including phenoxy) is 4. The Morgan fingerprint density at radius 1 is 0.773 bits per heavy atom. The van der Waals surface area contributed by atoms with E-state index in [-0.39, 0.29) is 6.61 Å². The van der Waals surface area contributed by atoms with Crippen LogP contribution in [0.25, 0.3) is 0 Å². The molecule has 9 heteroatoms. The van der Waals surface area contributed by atoms with Crippen LogP contribution in [0.3, 0.4) is 0 Å². The smallest absolute Gasteiger partial charge is 0.303 e. The van der Waals surface area contributed by atoms with Crippen LogP contribution in [-0.4, -0.2) is 53.4 Å². The topological polar surface area (TPSA) is 105 Å². The fourth-order valence-electron chi connectivity index (χ4n) is 1.93. The molecule has 0 aromatic heterocycles. The molecule has 1 aliphatic heterocycles. The van der Waals surface area contributed by atoms with Crippen molar-refractivity contribution >= 4 is 35.6 Å². The minimum Gasteiger partial charge on any atom is -0.465 e. The van der Waals surface area contributed by atoms with Gasteiger partial charge in [-0.1, -0.05) is 0 Å². The van der Waals surface area contributed by atoms with Gasteiger partial charge in [0.25, 0.3) is 0 Å². The van der Waals surface area contributed by atoms with Gasteiger partial charge in [0.2, 0.25) is 0 Å². The average molecular weight is 334 g/mol. The van der Waals surface area contributed by atoms with Gasteiger partial charge < -0.3 is 18.9 Å². The molecule has 8 nitrogen and oxygen atoms in total. The van der Waals surface area contributed by atoms with Gasteiger partial charge >= 0.3 is 23.9 Å². The van der Waals surface area contributed by atoms with E-state index in [4.69, 9.17) is 18.9 Å². The van der Waals surface area contributed by atoms with Crippen LogP contribution in [0.5, 0.6) is 0 Å². The molecule has 0 bridgehead atoms. The third kappa shape index (κ3) is 5.55. The van der Waals surface area contributed by atoms with Crippen LogP contribution in [0.15, 0.2) is 0 Å². The van der Waals surface area contributed by atoms with E-state index in [0.29, 0.717) is 0 Å². The molecular weight excluding hydrogens is 316 g/mol. The highest BCUT2D eigenvalue weighted by molar-refractivity contribution is 8.00. The quantitative estimate of drug-likeness (QED) is 0.522. The first-order valence-corrected chi connectivity index (χ1v) is 7.45. The molecule has 22 heavy (non-hydrogen) atoms. The SMILES string of the molecule is CC(=O)OC[C@H]1S[C@@H](OC(C)=O)[C@@H](OC(C)=O)[C@@H]1OC(C)=O. The van der Waals surface area contributed by atoms with Crippen molar-refractivity contribution in [3.05, 3.63) is 0 Å². The Morgan fingerprint density at radius 3 is 1.73 bits per heavy atom. The molecule has 0 aromatic rings. The summed E-state index contributed by atoms with van der Waals surface area (Å²) in [6.07, 6.45) is -1.84. The van der Waals surface area contributed by atoms with Crippen LogP contribution in [0.2, 0.25) is 0 Å². The molecule has 0 N–H and O–H groups in total. The summed E-state index contributed by atoms with van der Waals surface area (Å²) in [5.41, 5.74) is -0.841. The van der Waals surface area contributed by atoms with Gasteiger partial charge in [-0.25, -0.2) is 0 Å². The van der Waals surface area contributed by atoms with Crippen molar-refractivity contribution in [3.8, 4) is 0 Å². The van der Waals surface area contributed by atoms with Crippen LogP contribution in [0, 0.1) is 0 Å². The van der Waals surface area contributed by atoms with Gasteiger partial charge in [-0.2, -0.15) is 0 Å². The Labute approximate surface area is 131 Å². The van der Waals surface area contributed by atoms with E-state index in [9.17, 15) is 19.2 Å². The molecule has 1 aliphatic rings. The van der Waals surface area contributed by atoms with Crippen LogP contribution in [0.1, 0.15) is 27.7 Å². The Morgan fingerprint density at radius 2 is 1.27 bits per heavy atom. The van der Waals surface area contributed by atoms with Gasteiger partial charge in [0, 0.05) is 27.7 Å². The molecule has 0 amide bonds. The van der Waals surface area contributed by atoms with Crippen molar-refractivity contribution < 1.29 is 38.1 Å².